The first kappa shape index (κ1) is 23.2. The number of hydrogen-bond donors (Lipinski definition) is 1. The number of nitrogens with one attached hydrogen (secondary N) is 1. The number of likely N-dealkylation sites (N-methyl/N-ethyl adjacent to an activating group) is 1. The van der Waals surface area contributed by atoms with E-state index in [-0.39, 0.29) is 29.0 Å². The maximum Gasteiger partial charge on any atom is 0.280 e. The standard InChI is InChI=1S/C24H25F2N5O4/c1-30-8-5-19(24(30)33)35-20-11-21-28-17(14-6-9-34-10-7-14)12-31(21)13-18(20)29-23(32)16-4-2-3-15(27-16)22(25)26/h2-4,11-14,19,22H,5-10H2,1H3,(H,29,32). The highest BCUT2D eigenvalue weighted by atomic mass is 19.3. The maximum absolute atomic E-state index is 13.1. The summed E-state index contributed by atoms with van der Waals surface area (Å²) >= 11 is 0. The van der Waals surface area contributed by atoms with Crippen molar-refractivity contribution in [1.29, 1.82) is 0 Å². The SMILES string of the molecule is CN1CCC(Oc2cc3nc(C4CCOCC4)cn3cc2NC(=O)c2cccc(C(F)F)n2)C1=O. The number of anilines is 1. The maximum atomic E-state index is 13.1. The Morgan fingerprint density at radius 1 is 1.20 bits per heavy atom. The Labute approximate surface area is 200 Å². The van der Waals surface area contributed by atoms with Crippen molar-refractivity contribution < 1.29 is 27.8 Å². The van der Waals surface area contributed by atoms with Crippen molar-refractivity contribution >= 4 is 23.1 Å². The van der Waals surface area contributed by atoms with Gasteiger partial charge in [-0.15, -0.1) is 0 Å². The average molecular weight is 485 g/mol. The Hall–Kier alpha value is -3.60. The van der Waals surface area contributed by atoms with Crippen molar-refractivity contribution in [3.8, 4) is 5.75 Å². The van der Waals surface area contributed by atoms with Gasteiger partial charge in [0.2, 0.25) is 0 Å². The highest BCUT2D eigenvalue weighted by Crippen LogP contribution is 2.32. The lowest BCUT2D eigenvalue weighted by Gasteiger charge is -2.19. The summed E-state index contributed by atoms with van der Waals surface area (Å²) in [5.41, 5.74) is 1.16. The number of rotatable bonds is 6. The summed E-state index contributed by atoms with van der Waals surface area (Å²) in [5, 5.41) is 2.71. The first-order valence-electron chi connectivity index (χ1n) is 11.5. The van der Waals surface area contributed by atoms with Crippen LogP contribution in [-0.4, -0.2) is 64.0 Å². The second kappa shape index (κ2) is 9.57. The number of nitrogens with zero attached hydrogens (tertiary/aromatic N) is 4. The van der Waals surface area contributed by atoms with Crippen molar-refractivity contribution in [1.82, 2.24) is 19.3 Å². The van der Waals surface area contributed by atoms with Crippen molar-refractivity contribution in [3.63, 3.8) is 0 Å². The van der Waals surface area contributed by atoms with E-state index in [1.165, 1.54) is 12.1 Å². The predicted molar refractivity (Wildman–Crippen MR) is 122 cm³/mol. The molecule has 184 valence electrons. The summed E-state index contributed by atoms with van der Waals surface area (Å²) in [4.78, 5) is 35.4. The first-order valence-corrected chi connectivity index (χ1v) is 11.5. The molecule has 1 unspecified atom stereocenters. The van der Waals surface area contributed by atoms with E-state index in [1.807, 2.05) is 6.20 Å². The second-order valence-corrected chi connectivity index (χ2v) is 8.73. The number of imidazole rings is 1. The molecule has 9 nitrogen and oxygen atoms in total. The topological polar surface area (TPSA) is 98.1 Å². The van der Waals surface area contributed by atoms with E-state index in [0.717, 1.165) is 24.6 Å². The summed E-state index contributed by atoms with van der Waals surface area (Å²) < 4.78 is 39.4. The van der Waals surface area contributed by atoms with Crippen molar-refractivity contribution in [2.45, 2.75) is 37.7 Å². The van der Waals surface area contributed by atoms with Crippen molar-refractivity contribution in [3.05, 3.63) is 53.7 Å². The summed E-state index contributed by atoms with van der Waals surface area (Å²) in [7, 11) is 1.70. The van der Waals surface area contributed by atoms with Gasteiger partial charge in [0.05, 0.1) is 5.69 Å². The number of aromatic nitrogens is 3. The van der Waals surface area contributed by atoms with Crippen LogP contribution in [0, 0.1) is 0 Å². The van der Waals surface area contributed by atoms with E-state index in [1.54, 1.807) is 28.6 Å². The molecule has 2 saturated heterocycles. The van der Waals surface area contributed by atoms with Gasteiger partial charge in [0.15, 0.2) is 6.10 Å². The van der Waals surface area contributed by atoms with Crippen LogP contribution in [0.25, 0.3) is 5.65 Å². The van der Waals surface area contributed by atoms with E-state index in [0.29, 0.717) is 31.8 Å². The zero-order chi connectivity index (χ0) is 24.5. The van der Waals surface area contributed by atoms with E-state index in [4.69, 9.17) is 14.5 Å². The molecule has 2 amide bonds. The molecule has 2 fully saturated rings. The molecule has 3 aromatic heterocycles. The third-order valence-electron chi connectivity index (χ3n) is 6.34. The molecule has 11 heteroatoms. The molecule has 0 aromatic carbocycles. The minimum atomic E-state index is -2.79. The van der Waals surface area contributed by atoms with E-state index < -0.39 is 24.1 Å². The van der Waals surface area contributed by atoms with Gasteiger partial charge >= 0.3 is 0 Å². The van der Waals surface area contributed by atoms with E-state index >= 15 is 0 Å². The highest BCUT2D eigenvalue weighted by molar-refractivity contribution is 6.03. The van der Waals surface area contributed by atoms with Crippen LogP contribution in [-0.2, 0) is 9.53 Å². The van der Waals surface area contributed by atoms with Crippen molar-refractivity contribution in [2.24, 2.45) is 0 Å². The Bertz CT molecular complexity index is 1260. The van der Waals surface area contributed by atoms with Gasteiger partial charge in [-0.2, -0.15) is 0 Å². The first-order chi connectivity index (χ1) is 16.9. The third kappa shape index (κ3) is 4.81. The fraction of sp³-hybridized carbons (Fsp3) is 0.417. The van der Waals surface area contributed by atoms with Crippen LogP contribution < -0.4 is 10.1 Å². The predicted octanol–water partition coefficient (Wildman–Crippen LogP) is 3.42. The third-order valence-corrected chi connectivity index (χ3v) is 6.34. The molecule has 2 aliphatic rings. The summed E-state index contributed by atoms with van der Waals surface area (Å²) in [6.45, 7) is 1.92. The molecule has 5 heterocycles. The van der Waals surface area contributed by atoms with Crippen LogP contribution in [0.4, 0.5) is 14.5 Å². The van der Waals surface area contributed by atoms with Crippen LogP contribution in [0.5, 0.6) is 5.75 Å². The minimum absolute atomic E-state index is 0.153. The zero-order valence-corrected chi connectivity index (χ0v) is 19.1. The number of likely N-dealkylation sites (tertiary alicyclic amines) is 1. The number of ether oxygens (including phenoxy) is 2. The Balaban J connectivity index is 1.48. The quantitative estimate of drug-likeness (QED) is 0.575. The fourth-order valence-electron chi connectivity index (χ4n) is 4.36. The van der Waals surface area contributed by atoms with Crippen LogP contribution in [0.1, 0.15) is 53.5 Å². The second-order valence-electron chi connectivity index (χ2n) is 8.73. The van der Waals surface area contributed by atoms with Gasteiger partial charge in [0.25, 0.3) is 18.2 Å². The molecule has 0 bridgehead atoms. The van der Waals surface area contributed by atoms with E-state index in [9.17, 15) is 18.4 Å². The van der Waals surface area contributed by atoms with Gasteiger partial charge in [-0.3, -0.25) is 9.59 Å². The lowest BCUT2D eigenvalue weighted by molar-refractivity contribution is -0.132. The van der Waals surface area contributed by atoms with Gasteiger partial charge in [0.1, 0.15) is 28.5 Å². The Kier molecular flexibility index (Phi) is 6.33. The number of carbonyl (C=O) groups excluding carboxylic acids is 2. The van der Waals surface area contributed by atoms with Gasteiger partial charge in [0, 0.05) is 57.6 Å². The Morgan fingerprint density at radius 3 is 2.71 bits per heavy atom. The van der Waals surface area contributed by atoms with Gasteiger partial charge < -0.3 is 24.1 Å². The van der Waals surface area contributed by atoms with Gasteiger partial charge in [-0.1, -0.05) is 6.07 Å². The molecule has 35 heavy (non-hydrogen) atoms. The minimum Gasteiger partial charge on any atom is -0.478 e. The normalized spacial score (nSPS) is 19.0. The van der Waals surface area contributed by atoms with E-state index in [2.05, 4.69) is 10.3 Å². The summed E-state index contributed by atoms with van der Waals surface area (Å²) in [5.74, 6) is -0.290. The molecule has 0 saturated carbocycles. The van der Waals surface area contributed by atoms with Gasteiger partial charge in [-0.05, 0) is 25.0 Å². The molecule has 1 N–H and O–H groups in total. The van der Waals surface area contributed by atoms with Crippen molar-refractivity contribution in [2.75, 3.05) is 32.1 Å². The van der Waals surface area contributed by atoms with Crippen LogP contribution in [0.15, 0.2) is 36.7 Å². The molecule has 0 spiro atoms. The fourth-order valence-corrected chi connectivity index (χ4v) is 4.36. The lowest BCUT2D eigenvalue weighted by Crippen LogP contribution is -2.29. The molecule has 3 aromatic rings. The molecule has 0 aliphatic carbocycles. The molecule has 0 radical (unpaired) electrons. The zero-order valence-electron chi connectivity index (χ0n) is 19.1. The monoisotopic (exact) mass is 485 g/mol. The van der Waals surface area contributed by atoms with Gasteiger partial charge in [-0.25, -0.2) is 18.7 Å². The molecular weight excluding hydrogens is 460 g/mol. The largest absolute Gasteiger partial charge is 0.478 e. The summed E-state index contributed by atoms with van der Waals surface area (Å²) in [6, 6.07) is 5.55. The number of carbonyl (C=O) groups is 2. The number of fused-ring (bicyclic) bond motifs is 1. The number of amides is 2. The average Bonchev–Trinajstić information content (AvgIpc) is 3.42. The smallest absolute Gasteiger partial charge is 0.280 e. The number of pyridine rings is 2. The lowest BCUT2D eigenvalue weighted by atomic mass is 9.97. The number of hydrogen-bond acceptors (Lipinski definition) is 6. The van der Waals surface area contributed by atoms with Crippen LogP contribution >= 0.6 is 0 Å². The number of alkyl halides is 2. The highest BCUT2D eigenvalue weighted by Gasteiger charge is 2.32. The molecule has 5 rings (SSSR count). The molecule has 2 aliphatic heterocycles. The number of halogens is 2. The van der Waals surface area contributed by atoms with Crippen LogP contribution in [0.2, 0.25) is 0 Å². The summed E-state index contributed by atoms with van der Waals surface area (Å²) in [6.07, 6.45) is 2.31. The molecular formula is C24H25F2N5O4. The van der Waals surface area contributed by atoms with Crippen LogP contribution in [0.3, 0.4) is 0 Å². The molecule has 1 atom stereocenters. The Morgan fingerprint density at radius 2 is 2.00 bits per heavy atom.